The van der Waals surface area contributed by atoms with Crippen molar-refractivity contribution in [1.82, 2.24) is 0 Å². The molecule has 0 fully saturated rings. The van der Waals surface area contributed by atoms with Gasteiger partial charge in [-0.25, -0.2) is 12.8 Å². The third kappa shape index (κ3) is 3.78. The van der Waals surface area contributed by atoms with Gasteiger partial charge in [0.25, 0.3) is 0 Å². The average Bonchev–Trinajstić information content (AvgIpc) is 2.35. The number of halogens is 2. The van der Waals surface area contributed by atoms with Gasteiger partial charge >= 0.3 is 0 Å². The second-order valence-electron chi connectivity index (χ2n) is 4.22. The average molecular weight is 299 g/mol. The third-order valence-electron chi connectivity index (χ3n) is 2.66. The molecule has 0 aliphatic heterocycles. The van der Waals surface area contributed by atoms with Crippen LogP contribution in [0.3, 0.4) is 0 Å². The predicted octanol–water partition coefficient (Wildman–Crippen LogP) is 3.59. The van der Waals surface area contributed by atoms with Gasteiger partial charge in [-0.05, 0) is 17.7 Å². The molecule has 0 radical (unpaired) electrons. The van der Waals surface area contributed by atoms with E-state index in [1.165, 1.54) is 18.2 Å². The zero-order valence-corrected chi connectivity index (χ0v) is 11.6. The summed E-state index contributed by atoms with van der Waals surface area (Å²) in [5, 5.41) is 0.136. The van der Waals surface area contributed by atoms with E-state index in [2.05, 4.69) is 0 Å². The van der Waals surface area contributed by atoms with Crippen molar-refractivity contribution in [2.75, 3.05) is 0 Å². The van der Waals surface area contributed by atoms with Crippen molar-refractivity contribution in [3.8, 4) is 0 Å². The Balaban J connectivity index is 2.23. The molecule has 100 valence electrons. The number of hydrogen-bond acceptors (Lipinski definition) is 2. The van der Waals surface area contributed by atoms with Crippen LogP contribution in [-0.2, 0) is 21.3 Å². The molecular weight excluding hydrogens is 287 g/mol. The Bertz CT molecular complexity index is 649. The molecule has 0 spiro atoms. The lowest BCUT2D eigenvalue weighted by Crippen LogP contribution is -2.09. The quantitative estimate of drug-likeness (QED) is 0.864. The van der Waals surface area contributed by atoms with E-state index in [1.807, 2.05) is 6.07 Å². The Morgan fingerprint density at radius 3 is 2.26 bits per heavy atom. The molecule has 0 N–H and O–H groups in total. The Morgan fingerprint density at radius 2 is 1.63 bits per heavy atom. The van der Waals surface area contributed by atoms with E-state index in [1.54, 1.807) is 24.3 Å². The lowest BCUT2D eigenvalue weighted by molar-refractivity contribution is 0.586. The largest absolute Gasteiger partial charge is 0.228 e. The van der Waals surface area contributed by atoms with Crippen LogP contribution in [0.1, 0.15) is 11.1 Å². The van der Waals surface area contributed by atoms with Crippen LogP contribution in [0.5, 0.6) is 0 Å². The molecule has 0 bridgehead atoms. The summed E-state index contributed by atoms with van der Waals surface area (Å²) >= 11 is 5.83. The van der Waals surface area contributed by atoms with Crippen LogP contribution < -0.4 is 0 Å². The van der Waals surface area contributed by atoms with Gasteiger partial charge in [0.1, 0.15) is 5.82 Å². The predicted molar refractivity (Wildman–Crippen MR) is 74.2 cm³/mol. The van der Waals surface area contributed by atoms with Crippen LogP contribution in [-0.4, -0.2) is 8.42 Å². The van der Waals surface area contributed by atoms with Crippen LogP contribution in [0, 0.1) is 5.82 Å². The number of benzene rings is 2. The number of rotatable bonds is 4. The summed E-state index contributed by atoms with van der Waals surface area (Å²) in [5.74, 6) is -1.12. The molecule has 19 heavy (non-hydrogen) atoms. The summed E-state index contributed by atoms with van der Waals surface area (Å²) in [6, 6.07) is 12.9. The van der Waals surface area contributed by atoms with Crippen molar-refractivity contribution < 1.29 is 12.8 Å². The summed E-state index contributed by atoms with van der Waals surface area (Å²) in [6.07, 6.45) is 0. The van der Waals surface area contributed by atoms with Crippen LogP contribution >= 0.6 is 11.6 Å². The summed E-state index contributed by atoms with van der Waals surface area (Å²) < 4.78 is 37.7. The second-order valence-corrected chi connectivity index (χ2v) is 6.69. The fourth-order valence-corrected chi connectivity index (χ4v) is 3.61. The lowest BCUT2D eigenvalue weighted by atomic mass is 10.2. The molecule has 2 aromatic carbocycles. The molecule has 0 saturated heterocycles. The maximum atomic E-state index is 13.6. The zero-order valence-electron chi connectivity index (χ0n) is 10.0. The first-order valence-electron chi connectivity index (χ1n) is 5.65. The van der Waals surface area contributed by atoms with Gasteiger partial charge in [-0.3, -0.25) is 0 Å². The van der Waals surface area contributed by atoms with Gasteiger partial charge in [-0.2, -0.15) is 0 Å². The molecule has 2 aromatic rings. The van der Waals surface area contributed by atoms with Crippen LogP contribution in [0.2, 0.25) is 5.02 Å². The highest BCUT2D eigenvalue weighted by Crippen LogP contribution is 2.22. The summed E-state index contributed by atoms with van der Waals surface area (Å²) in [5.41, 5.74) is 0.704. The molecule has 0 aliphatic rings. The maximum Gasteiger partial charge on any atom is 0.158 e. The summed E-state index contributed by atoms with van der Waals surface area (Å²) in [6.45, 7) is 0. The van der Waals surface area contributed by atoms with Crippen LogP contribution in [0.15, 0.2) is 48.5 Å². The molecule has 0 aromatic heterocycles. The van der Waals surface area contributed by atoms with Crippen LogP contribution in [0.4, 0.5) is 4.39 Å². The van der Waals surface area contributed by atoms with Gasteiger partial charge in [-0.15, -0.1) is 0 Å². The van der Waals surface area contributed by atoms with E-state index >= 15 is 0 Å². The molecular formula is C14H12ClFO2S. The fourth-order valence-electron chi connectivity index (χ4n) is 1.77. The summed E-state index contributed by atoms with van der Waals surface area (Å²) in [7, 11) is -3.46. The third-order valence-corrected chi connectivity index (χ3v) is 4.51. The van der Waals surface area contributed by atoms with Crippen molar-refractivity contribution in [2.24, 2.45) is 0 Å². The monoisotopic (exact) mass is 298 g/mol. The molecule has 0 saturated carbocycles. The first kappa shape index (κ1) is 14.0. The molecule has 5 heteroatoms. The van der Waals surface area contributed by atoms with Crippen molar-refractivity contribution in [3.63, 3.8) is 0 Å². The SMILES string of the molecule is O=S(=O)(Cc1ccccc1)Cc1c(F)cccc1Cl. The number of sulfone groups is 1. The van der Waals surface area contributed by atoms with Crippen LogP contribution in [0.25, 0.3) is 0 Å². The highest BCUT2D eigenvalue weighted by Gasteiger charge is 2.17. The molecule has 0 aliphatic carbocycles. The highest BCUT2D eigenvalue weighted by molar-refractivity contribution is 7.89. The molecule has 2 rings (SSSR count). The Labute approximate surface area is 116 Å². The minimum atomic E-state index is -3.46. The van der Waals surface area contributed by atoms with Gasteiger partial charge in [-0.1, -0.05) is 48.0 Å². The first-order valence-corrected chi connectivity index (χ1v) is 7.85. The molecule has 0 unspecified atom stereocenters. The molecule has 2 nitrogen and oxygen atoms in total. The molecule has 0 atom stereocenters. The second kappa shape index (κ2) is 5.72. The minimum Gasteiger partial charge on any atom is -0.228 e. The molecule has 0 heterocycles. The number of hydrogen-bond donors (Lipinski definition) is 0. The fraction of sp³-hybridized carbons (Fsp3) is 0.143. The van der Waals surface area contributed by atoms with Crippen molar-refractivity contribution in [3.05, 3.63) is 70.5 Å². The van der Waals surface area contributed by atoms with Crippen molar-refractivity contribution in [2.45, 2.75) is 11.5 Å². The van der Waals surface area contributed by atoms with Crippen molar-refractivity contribution >= 4 is 21.4 Å². The normalized spacial score (nSPS) is 11.5. The van der Waals surface area contributed by atoms with E-state index in [-0.39, 0.29) is 16.3 Å². The lowest BCUT2D eigenvalue weighted by Gasteiger charge is -2.07. The highest BCUT2D eigenvalue weighted by atomic mass is 35.5. The minimum absolute atomic E-state index is 0.0279. The topological polar surface area (TPSA) is 34.1 Å². The first-order chi connectivity index (χ1) is 8.98. The van der Waals surface area contributed by atoms with E-state index in [0.29, 0.717) is 5.56 Å². The maximum absolute atomic E-state index is 13.6. The van der Waals surface area contributed by atoms with Gasteiger partial charge in [0.05, 0.1) is 11.5 Å². The Hall–Kier alpha value is -1.39. The van der Waals surface area contributed by atoms with Crippen molar-refractivity contribution in [1.29, 1.82) is 0 Å². The zero-order chi connectivity index (χ0) is 13.9. The smallest absolute Gasteiger partial charge is 0.158 e. The molecule has 0 amide bonds. The van der Waals surface area contributed by atoms with Gasteiger partial charge in [0.15, 0.2) is 9.84 Å². The van der Waals surface area contributed by atoms with E-state index in [9.17, 15) is 12.8 Å². The van der Waals surface area contributed by atoms with Gasteiger partial charge in [0, 0.05) is 10.6 Å². The van der Waals surface area contributed by atoms with E-state index in [4.69, 9.17) is 11.6 Å². The van der Waals surface area contributed by atoms with E-state index < -0.39 is 21.4 Å². The standard InChI is InChI=1S/C14H12ClFO2S/c15-13-7-4-8-14(16)12(13)10-19(17,18)9-11-5-2-1-3-6-11/h1-8H,9-10H2. The van der Waals surface area contributed by atoms with Gasteiger partial charge in [0.2, 0.25) is 0 Å². The Morgan fingerprint density at radius 1 is 0.947 bits per heavy atom. The van der Waals surface area contributed by atoms with Gasteiger partial charge < -0.3 is 0 Å². The van der Waals surface area contributed by atoms with E-state index in [0.717, 1.165) is 0 Å². The summed E-state index contributed by atoms with van der Waals surface area (Å²) in [4.78, 5) is 0. The Kier molecular flexibility index (Phi) is 4.22.